The van der Waals surface area contributed by atoms with Crippen LogP contribution in [0.5, 0.6) is 17.2 Å². The lowest BCUT2D eigenvalue weighted by molar-refractivity contribution is 0.318. The maximum atomic E-state index is 14.0. The maximum Gasteiger partial charge on any atom is 0.170 e. The highest BCUT2D eigenvalue weighted by Crippen LogP contribution is 2.32. The third kappa shape index (κ3) is 3.42. The van der Waals surface area contributed by atoms with Crippen molar-refractivity contribution in [1.29, 1.82) is 0 Å². The summed E-state index contributed by atoms with van der Waals surface area (Å²) in [5, 5.41) is 11.4. The zero-order valence-corrected chi connectivity index (χ0v) is 11.4. The van der Waals surface area contributed by atoms with Crippen LogP contribution in [0, 0.1) is 5.82 Å². The van der Waals surface area contributed by atoms with Crippen LogP contribution >= 0.6 is 0 Å². The molecule has 6 heteroatoms. The Morgan fingerprint density at radius 3 is 2.52 bits per heavy atom. The second-order valence-corrected chi connectivity index (χ2v) is 4.11. The van der Waals surface area contributed by atoms with Crippen molar-refractivity contribution in [3.05, 3.63) is 53.8 Å². The van der Waals surface area contributed by atoms with E-state index in [0.717, 1.165) is 6.07 Å². The van der Waals surface area contributed by atoms with E-state index in [1.165, 1.54) is 12.1 Å². The van der Waals surface area contributed by atoms with E-state index in [2.05, 4.69) is 5.16 Å². The van der Waals surface area contributed by atoms with Gasteiger partial charge in [0.1, 0.15) is 0 Å². The van der Waals surface area contributed by atoms with E-state index in [9.17, 15) is 4.39 Å². The zero-order valence-electron chi connectivity index (χ0n) is 11.4. The standard InChI is InChI=1S/C15H15FN2O3/c1-2-20-13-5-3-4-6-14(13)21-12-8-7-10(9-11(12)16)15(17)18-19/h3-9,19H,2H2,1H3,(H2,17,18). The van der Waals surface area contributed by atoms with Crippen molar-refractivity contribution in [1.82, 2.24) is 0 Å². The summed E-state index contributed by atoms with van der Waals surface area (Å²) in [4.78, 5) is 0. The minimum atomic E-state index is -0.620. The number of nitrogens with zero attached hydrogens (tertiary/aromatic N) is 1. The molecular weight excluding hydrogens is 275 g/mol. The molecule has 0 aliphatic heterocycles. The molecule has 0 spiro atoms. The topological polar surface area (TPSA) is 77.1 Å². The van der Waals surface area contributed by atoms with E-state index in [1.54, 1.807) is 24.3 Å². The van der Waals surface area contributed by atoms with Crippen LogP contribution in [0.3, 0.4) is 0 Å². The molecule has 0 fully saturated rings. The molecule has 110 valence electrons. The summed E-state index contributed by atoms with van der Waals surface area (Å²) in [5.74, 6) is 0.173. The first kappa shape index (κ1) is 14.6. The molecule has 0 radical (unpaired) electrons. The van der Waals surface area contributed by atoms with Crippen LogP contribution in [0.4, 0.5) is 4.39 Å². The molecule has 0 heterocycles. The number of rotatable bonds is 5. The minimum Gasteiger partial charge on any atom is -0.490 e. The summed E-state index contributed by atoms with van der Waals surface area (Å²) in [6.07, 6.45) is 0. The van der Waals surface area contributed by atoms with Gasteiger partial charge in [0.25, 0.3) is 0 Å². The Labute approximate surface area is 121 Å². The quantitative estimate of drug-likeness (QED) is 0.384. The van der Waals surface area contributed by atoms with E-state index < -0.39 is 5.82 Å². The molecule has 3 N–H and O–H groups in total. The second-order valence-electron chi connectivity index (χ2n) is 4.11. The van der Waals surface area contributed by atoms with Gasteiger partial charge < -0.3 is 20.4 Å². The lowest BCUT2D eigenvalue weighted by Gasteiger charge is -2.12. The molecule has 2 rings (SSSR count). The van der Waals surface area contributed by atoms with Crippen molar-refractivity contribution in [2.24, 2.45) is 10.9 Å². The van der Waals surface area contributed by atoms with Crippen LogP contribution in [-0.4, -0.2) is 17.6 Å². The largest absolute Gasteiger partial charge is 0.490 e. The van der Waals surface area contributed by atoms with Gasteiger partial charge in [-0.25, -0.2) is 4.39 Å². The van der Waals surface area contributed by atoms with Crippen molar-refractivity contribution < 1.29 is 19.1 Å². The number of halogens is 1. The second kappa shape index (κ2) is 6.60. The Balaban J connectivity index is 2.28. The third-order valence-electron chi connectivity index (χ3n) is 2.70. The molecule has 0 saturated heterocycles. The highest BCUT2D eigenvalue weighted by atomic mass is 19.1. The minimum absolute atomic E-state index is 0.0247. The number of hydrogen-bond acceptors (Lipinski definition) is 4. The van der Waals surface area contributed by atoms with Crippen LogP contribution in [-0.2, 0) is 0 Å². The van der Waals surface area contributed by atoms with Crippen molar-refractivity contribution >= 4 is 5.84 Å². The summed E-state index contributed by atoms with van der Waals surface area (Å²) >= 11 is 0. The maximum absolute atomic E-state index is 14.0. The van der Waals surface area contributed by atoms with Gasteiger partial charge in [0.05, 0.1) is 6.61 Å². The van der Waals surface area contributed by atoms with Gasteiger partial charge in [0.15, 0.2) is 28.9 Å². The van der Waals surface area contributed by atoms with Crippen LogP contribution < -0.4 is 15.2 Å². The van der Waals surface area contributed by atoms with Crippen LogP contribution in [0.25, 0.3) is 0 Å². The molecule has 0 saturated carbocycles. The average molecular weight is 290 g/mol. The molecule has 21 heavy (non-hydrogen) atoms. The first-order valence-corrected chi connectivity index (χ1v) is 6.32. The number of ether oxygens (including phenoxy) is 2. The molecule has 0 unspecified atom stereocenters. The summed E-state index contributed by atoms with van der Waals surface area (Å²) in [5.41, 5.74) is 5.67. The van der Waals surface area contributed by atoms with Gasteiger partial charge in [-0.1, -0.05) is 17.3 Å². The number of nitrogens with two attached hydrogens (primary N) is 1. The number of para-hydroxylation sites is 2. The molecule has 0 amide bonds. The number of benzene rings is 2. The van der Waals surface area contributed by atoms with Crippen LogP contribution in [0.15, 0.2) is 47.6 Å². The monoisotopic (exact) mass is 290 g/mol. The Morgan fingerprint density at radius 2 is 1.90 bits per heavy atom. The summed E-state index contributed by atoms with van der Waals surface area (Å²) in [7, 11) is 0. The fourth-order valence-electron chi connectivity index (χ4n) is 1.73. The van der Waals surface area contributed by atoms with E-state index in [0.29, 0.717) is 18.1 Å². The molecule has 0 aromatic heterocycles. The Hall–Kier alpha value is -2.76. The fraction of sp³-hybridized carbons (Fsp3) is 0.133. The van der Waals surface area contributed by atoms with Crippen molar-refractivity contribution in [3.63, 3.8) is 0 Å². The fourth-order valence-corrected chi connectivity index (χ4v) is 1.73. The number of hydrogen-bond donors (Lipinski definition) is 2. The van der Waals surface area contributed by atoms with Gasteiger partial charge >= 0.3 is 0 Å². The first-order valence-electron chi connectivity index (χ1n) is 6.32. The highest BCUT2D eigenvalue weighted by Gasteiger charge is 2.11. The van der Waals surface area contributed by atoms with E-state index in [-0.39, 0.29) is 17.1 Å². The summed E-state index contributed by atoms with van der Waals surface area (Å²) < 4.78 is 24.9. The molecule has 0 aliphatic rings. The normalized spacial score (nSPS) is 11.2. The predicted octanol–water partition coefficient (Wildman–Crippen LogP) is 3.11. The summed E-state index contributed by atoms with van der Waals surface area (Å²) in [6, 6.07) is 11.0. The molecule has 0 atom stereocenters. The SMILES string of the molecule is CCOc1ccccc1Oc1ccc(/C(N)=N/O)cc1F. The highest BCUT2D eigenvalue weighted by molar-refractivity contribution is 5.97. The van der Waals surface area contributed by atoms with Gasteiger partial charge in [-0.2, -0.15) is 0 Å². The van der Waals surface area contributed by atoms with E-state index >= 15 is 0 Å². The molecule has 0 aliphatic carbocycles. The lowest BCUT2D eigenvalue weighted by atomic mass is 10.2. The zero-order chi connectivity index (χ0) is 15.2. The molecule has 5 nitrogen and oxygen atoms in total. The van der Waals surface area contributed by atoms with Crippen molar-refractivity contribution in [2.75, 3.05) is 6.61 Å². The van der Waals surface area contributed by atoms with Gasteiger partial charge in [-0.05, 0) is 37.3 Å². The van der Waals surface area contributed by atoms with Gasteiger partial charge in [0.2, 0.25) is 0 Å². The molecule has 2 aromatic rings. The molecule has 0 bridgehead atoms. The van der Waals surface area contributed by atoms with Crippen LogP contribution in [0.1, 0.15) is 12.5 Å². The smallest absolute Gasteiger partial charge is 0.170 e. The van der Waals surface area contributed by atoms with E-state index in [1.807, 2.05) is 6.92 Å². The van der Waals surface area contributed by atoms with Gasteiger partial charge in [-0.15, -0.1) is 0 Å². The Bertz CT molecular complexity index is 659. The Kier molecular flexibility index (Phi) is 4.61. The van der Waals surface area contributed by atoms with E-state index in [4.69, 9.17) is 20.4 Å². The van der Waals surface area contributed by atoms with Gasteiger partial charge in [0, 0.05) is 5.56 Å². The van der Waals surface area contributed by atoms with Crippen molar-refractivity contribution in [3.8, 4) is 17.2 Å². The number of oxime groups is 1. The Morgan fingerprint density at radius 1 is 1.19 bits per heavy atom. The molecule has 2 aromatic carbocycles. The lowest BCUT2D eigenvalue weighted by Crippen LogP contribution is -2.13. The number of amidine groups is 1. The first-order chi connectivity index (χ1) is 10.2. The molecular formula is C15H15FN2O3. The van der Waals surface area contributed by atoms with Gasteiger partial charge in [-0.3, -0.25) is 0 Å². The third-order valence-corrected chi connectivity index (χ3v) is 2.70. The van der Waals surface area contributed by atoms with Crippen LogP contribution in [0.2, 0.25) is 0 Å². The summed E-state index contributed by atoms with van der Waals surface area (Å²) in [6.45, 7) is 2.33. The average Bonchev–Trinajstić information content (AvgIpc) is 2.50. The predicted molar refractivity (Wildman–Crippen MR) is 76.6 cm³/mol. The van der Waals surface area contributed by atoms with Crippen molar-refractivity contribution in [2.45, 2.75) is 6.92 Å².